The average Bonchev–Trinajstić information content (AvgIpc) is 3.19. The first-order valence-electron chi connectivity index (χ1n) is 11.0. The molecule has 33 heavy (non-hydrogen) atoms. The lowest BCUT2D eigenvalue weighted by atomic mass is 10.0. The van der Waals surface area contributed by atoms with E-state index in [1.807, 2.05) is 29.2 Å². The summed E-state index contributed by atoms with van der Waals surface area (Å²) in [6, 6.07) is 9.80. The highest BCUT2D eigenvalue weighted by atomic mass is 16.5. The highest BCUT2D eigenvalue weighted by molar-refractivity contribution is 5.98. The van der Waals surface area contributed by atoms with Crippen molar-refractivity contribution in [2.45, 2.75) is 25.4 Å². The Hall–Kier alpha value is -3.75. The highest BCUT2D eigenvalue weighted by Gasteiger charge is 2.34. The van der Waals surface area contributed by atoms with E-state index in [2.05, 4.69) is 9.88 Å². The molecule has 0 unspecified atom stereocenters. The van der Waals surface area contributed by atoms with Crippen molar-refractivity contribution in [3.8, 4) is 17.2 Å². The van der Waals surface area contributed by atoms with Gasteiger partial charge in [0.25, 0.3) is 5.91 Å². The summed E-state index contributed by atoms with van der Waals surface area (Å²) in [7, 11) is 4.67. The van der Waals surface area contributed by atoms with E-state index < -0.39 is 0 Å². The van der Waals surface area contributed by atoms with E-state index in [-0.39, 0.29) is 11.9 Å². The summed E-state index contributed by atoms with van der Waals surface area (Å²) in [4.78, 5) is 26.3. The molecule has 1 saturated heterocycles. The summed E-state index contributed by atoms with van der Waals surface area (Å²) in [5.41, 5.74) is 8.81. The number of carbonyl (C=O) groups excluding carboxylic acids is 1. The number of methoxy groups -OCH3 is 3. The number of rotatable bonds is 5. The van der Waals surface area contributed by atoms with E-state index in [1.54, 1.807) is 27.4 Å². The predicted octanol–water partition coefficient (Wildman–Crippen LogP) is 2.86. The fourth-order valence-corrected chi connectivity index (χ4v) is 4.83. The van der Waals surface area contributed by atoms with Gasteiger partial charge in [0.1, 0.15) is 11.3 Å². The van der Waals surface area contributed by atoms with Gasteiger partial charge in [-0.1, -0.05) is 18.2 Å². The zero-order valence-corrected chi connectivity index (χ0v) is 19.0. The SMILES string of the molecule is COc1cc2c(N)nc(N3CCC(N4Cc5ccccc5C4=O)CC3)nc2c(OC)c1OC. The van der Waals surface area contributed by atoms with Crippen LogP contribution in [0.4, 0.5) is 11.8 Å². The Bertz CT molecular complexity index is 1220. The lowest BCUT2D eigenvalue weighted by Gasteiger charge is -2.36. The standard InChI is InChI=1S/C24H27N5O4/c1-31-18-12-17-19(21(33-3)20(18)32-2)26-24(27-22(17)25)28-10-8-15(9-11-28)29-13-14-6-4-5-7-16(14)23(29)30/h4-7,12,15H,8-11,13H2,1-3H3,(H2,25,26,27). The Balaban J connectivity index is 1.39. The van der Waals surface area contributed by atoms with E-state index in [4.69, 9.17) is 24.9 Å². The maximum absolute atomic E-state index is 12.9. The Morgan fingerprint density at radius 3 is 2.39 bits per heavy atom. The molecule has 0 spiro atoms. The molecule has 1 aromatic heterocycles. The van der Waals surface area contributed by atoms with Crippen LogP contribution in [0.5, 0.6) is 17.2 Å². The van der Waals surface area contributed by atoms with Crippen LogP contribution >= 0.6 is 0 Å². The molecule has 2 aromatic carbocycles. The van der Waals surface area contributed by atoms with Gasteiger partial charge >= 0.3 is 0 Å². The number of hydrogen-bond acceptors (Lipinski definition) is 8. The Morgan fingerprint density at radius 2 is 1.73 bits per heavy atom. The van der Waals surface area contributed by atoms with Crippen molar-refractivity contribution in [3.63, 3.8) is 0 Å². The van der Waals surface area contributed by atoms with E-state index in [0.29, 0.717) is 46.5 Å². The molecule has 2 aliphatic heterocycles. The number of piperidine rings is 1. The number of nitrogens with two attached hydrogens (primary N) is 1. The van der Waals surface area contributed by atoms with Crippen molar-refractivity contribution in [1.29, 1.82) is 0 Å². The van der Waals surface area contributed by atoms with Crippen molar-refractivity contribution in [2.24, 2.45) is 0 Å². The maximum atomic E-state index is 12.9. The summed E-state index contributed by atoms with van der Waals surface area (Å²) >= 11 is 0. The summed E-state index contributed by atoms with van der Waals surface area (Å²) in [6.07, 6.45) is 1.67. The highest BCUT2D eigenvalue weighted by Crippen LogP contribution is 2.44. The molecule has 0 radical (unpaired) electrons. The smallest absolute Gasteiger partial charge is 0.254 e. The van der Waals surface area contributed by atoms with Crippen LogP contribution in [-0.4, -0.2) is 61.2 Å². The van der Waals surface area contributed by atoms with Crippen LogP contribution in [0.3, 0.4) is 0 Å². The minimum Gasteiger partial charge on any atom is -0.493 e. The lowest BCUT2D eigenvalue weighted by Crippen LogP contribution is -2.45. The first-order chi connectivity index (χ1) is 16.0. The van der Waals surface area contributed by atoms with Gasteiger partial charge < -0.3 is 29.7 Å². The van der Waals surface area contributed by atoms with Gasteiger partial charge in [-0.05, 0) is 30.5 Å². The van der Waals surface area contributed by atoms with E-state index in [1.165, 1.54) is 0 Å². The third kappa shape index (κ3) is 3.44. The second-order valence-electron chi connectivity index (χ2n) is 8.26. The van der Waals surface area contributed by atoms with Gasteiger partial charge in [0.2, 0.25) is 11.7 Å². The predicted molar refractivity (Wildman–Crippen MR) is 125 cm³/mol. The topological polar surface area (TPSA) is 103 Å². The van der Waals surface area contributed by atoms with Gasteiger partial charge in [0, 0.05) is 31.2 Å². The molecule has 0 saturated carbocycles. The van der Waals surface area contributed by atoms with Gasteiger partial charge in [-0.2, -0.15) is 4.98 Å². The molecule has 3 heterocycles. The minimum absolute atomic E-state index is 0.126. The molecule has 2 N–H and O–H groups in total. The molecule has 2 aliphatic rings. The molecular formula is C24H27N5O4. The van der Waals surface area contributed by atoms with Gasteiger partial charge in [0.05, 0.1) is 26.7 Å². The van der Waals surface area contributed by atoms with Crippen molar-refractivity contribution in [1.82, 2.24) is 14.9 Å². The summed E-state index contributed by atoms with van der Waals surface area (Å²) < 4.78 is 16.5. The molecule has 1 amide bonds. The van der Waals surface area contributed by atoms with E-state index >= 15 is 0 Å². The van der Waals surface area contributed by atoms with Crippen LogP contribution in [-0.2, 0) is 6.54 Å². The zero-order valence-electron chi connectivity index (χ0n) is 19.0. The van der Waals surface area contributed by atoms with Crippen LogP contribution in [0.1, 0.15) is 28.8 Å². The Labute approximate surface area is 192 Å². The van der Waals surface area contributed by atoms with Crippen LogP contribution in [0.25, 0.3) is 10.9 Å². The van der Waals surface area contributed by atoms with Crippen molar-refractivity contribution < 1.29 is 19.0 Å². The number of benzene rings is 2. The molecular weight excluding hydrogens is 422 g/mol. The van der Waals surface area contributed by atoms with E-state index in [0.717, 1.165) is 37.1 Å². The van der Waals surface area contributed by atoms with Gasteiger partial charge in [-0.15, -0.1) is 0 Å². The molecule has 9 nitrogen and oxygen atoms in total. The summed E-state index contributed by atoms with van der Waals surface area (Å²) in [6.45, 7) is 2.13. The fraction of sp³-hybridized carbons (Fsp3) is 0.375. The first kappa shape index (κ1) is 21.1. The second kappa shape index (κ2) is 8.31. The normalized spacial score (nSPS) is 16.3. The zero-order chi connectivity index (χ0) is 23.1. The average molecular weight is 450 g/mol. The molecule has 5 rings (SSSR count). The van der Waals surface area contributed by atoms with Crippen LogP contribution < -0.4 is 24.8 Å². The number of fused-ring (bicyclic) bond motifs is 2. The minimum atomic E-state index is 0.126. The number of aromatic nitrogens is 2. The Morgan fingerprint density at radius 1 is 1.00 bits per heavy atom. The molecule has 0 bridgehead atoms. The van der Waals surface area contributed by atoms with Crippen molar-refractivity contribution in [3.05, 3.63) is 41.5 Å². The van der Waals surface area contributed by atoms with Crippen LogP contribution in [0.15, 0.2) is 30.3 Å². The van der Waals surface area contributed by atoms with Crippen LogP contribution in [0, 0.1) is 0 Å². The van der Waals surface area contributed by atoms with Gasteiger partial charge in [-0.25, -0.2) is 4.98 Å². The van der Waals surface area contributed by atoms with E-state index in [9.17, 15) is 4.79 Å². The second-order valence-corrected chi connectivity index (χ2v) is 8.26. The Kier molecular flexibility index (Phi) is 5.32. The lowest BCUT2D eigenvalue weighted by molar-refractivity contribution is 0.0675. The van der Waals surface area contributed by atoms with Crippen LogP contribution in [0.2, 0.25) is 0 Å². The largest absolute Gasteiger partial charge is 0.493 e. The van der Waals surface area contributed by atoms with Gasteiger partial charge in [-0.3, -0.25) is 4.79 Å². The fourth-order valence-electron chi connectivity index (χ4n) is 4.83. The number of amides is 1. The number of nitrogen functional groups attached to an aromatic ring is 1. The molecule has 0 atom stereocenters. The number of carbonyl (C=O) groups is 1. The summed E-state index contributed by atoms with van der Waals surface area (Å²) in [5, 5.41) is 0.642. The van der Waals surface area contributed by atoms with Crippen molar-refractivity contribution >= 4 is 28.6 Å². The monoisotopic (exact) mass is 449 g/mol. The quantitative estimate of drug-likeness (QED) is 0.634. The third-order valence-corrected chi connectivity index (χ3v) is 6.55. The molecule has 0 aliphatic carbocycles. The van der Waals surface area contributed by atoms with Gasteiger partial charge in [0.15, 0.2) is 11.5 Å². The summed E-state index contributed by atoms with van der Waals surface area (Å²) in [5.74, 6) is 2.43. The number of anilines is 2. The number of hydrogen-bond donors (Lipinski definition) is 1. The number of ether oxygens (including phenoxy) is 3. The molecule has 9 heteroatoms. The first-order valence-corrected chi connectivity index (χ1v) is 11.0. The molecule has 172 valence electrons. The third-order valence-electron chi connectivity index (χ3n) is 6.55. The molecule has 1 fully saturated rings. The maximum Gasteiger partial charge on any atom is 0.254 e. The number of nitrogens with zero attached hydrogens (tertiary/aromatic N) is 4. The van der Waals surface area contributed by atoms with Crippen molar-refractivity contribution in [2.75, 3.05) is 45.1 Å². The molecule has 3 aromatic rings.